The van der Waals surface area contributed by atoms with Gasteiger partial charge in [-0.3, -0.25) is 11.3 Å². The highest BCUT2D eigenvalue weighted by Crippen LogP contribution is 2.30. The van der Waals surface area contributed by atoms with Crippen LogP contribution in [0.1, 0.15) is 29.5 Å². The van der Waals surface area contributed by atoms with Gasteiger partial charge in [0.05, 0.1) is 0 Å². The maximum absolute atomic E-state index is 5.82. The molecule has 0 saturated heterocycles. The molecule has 0 heterocycles. The van der Waals surface area contributed by atoms with Gasteiger partial charge < -0.3 is 0 Å². The summed E-state index contributed by atoms with van der Waals surface area (Å²) >= 11 is 0. The number of nitrogens with one attached hydrogen (secondary N) is 1. The number of benzene rings is 2. The van der Waals surface area contributed by atoms with Crippen LogP contribution in [0.4, 0.5) is 0 Å². The van der Waals surface area contributed by atoms with Crippen LogP contribution in [0.25, 0.3) is 0 Å². The van der Waals surface area contributed by atoms with Gasteiger partial charge in [-0.15, -0.1) is 0 Å². The summed E-state index contributed by atoms with van der Waals surface area (Å²) in [6.07, 6.45) is 5.79. The van der Waals surface area contributed by atoms with Gasteiger partial charge >= 0.3 is 0 Å². The highest BCUT2D eigenvalue weighted by atomic mass is 15.2. The summed E-state index contributed by atoms with van der Waals surface area (Å²) in [6, 6.07) is 19.9. The summed E-state index contributed by atoms with van der Waals surface area (Å²) in [5, 5.41) is 0. The molecule has 0 radical (unpaired) electrons. The minimum Gasteiger partial charge on any atom is -0.271 e. The Balaban J connectivity index is 1.52. The highest BCUT2D eigenvalue weighted by Gasteiger charge is 2.27. The number of hydrogen-bond acceptors (Lipinski definition) is 2. The lowest BCUT2D eigenvalue weighted by Gasteiger charge is -2.22. The standard InChI is InChI=1S/C19H24N2/c20-21-19(12-6-9-15-7-2-1-3-8-15)18-13-16-10-4-5-11-17(16)14-18/h1-5,7-8,10-11,18-19,21H,6,9,12-14,20H2. The van der Waals surface area contributed by atoms with Crippen LogP contribution in [0, 0.1) is 5.92 Å². The minimum absolute atomic E-state index is 0.418. The van der Waals surface area contributed by atoms with Crippen molar-refractivity contribution in [2.75, 3.05) is 0 Å². The molecule has 2 heteroatoms. The molecule has 1 aliphatic carbocycles. The van der Waals surface area contributed by atoms with Crippen LogP contribution >= 0.6 is 0 Å². The molecule has 0 spiro atoms. The minimum atomic E-state index is 0.418. The van der Waals surface area contributed by atoms with Gasteiger partial charge in [-0.05, 0) is 54.7 Å². The highest BCUT2D eigenvalue weighted by molar-refractivity contribution is 5.32. The molecule has 2 aromatic rings. The third-order valence-corrected chi connectivity index (χ3v) is 4.69. The first-order chi connectivity index (χ1) is 10.4. The van der Waals surface area contributed by atoms with E-state index in [1.54, 1.807) is 0 Å². The Morgan fingerprint density at radius 1 is 0.952 bits per heavy atom. The summed E-state index contributed by atoms with van der Waals surface area (Å²) in [5.74, 6) is 6.46. The molecule has 1 unspecified atom stereocenters. The molecule has 110 valence electrons. The summed E-state index contributed by atoms with van der Waals surface area (Å²) in [4.78, 5) is 0. The van der Waals surface area contributed by atoms with Crippen molar-refractivity contribution in [3.63, 3.8) is 0 Å². The average molecular weight is 280 g/mol. The predicted molar refractivity (Wildman–Crippen MR) is 87.8 cm³/mol. The molecular formula is C19H24N2. The zero-order valence-corrected chi connectivity index (χ0v) is 12.5. The molecule has 3 N–H and O–H groups in total. The quantitative estimate of drug-likeness (QED) is 0.629. The largest absolute Gasteiger partial charge is 0.271 e. The van der Waals surface area contributed by atoms with Crippen molar-refractivity contribution in [3.8, 4) is 0 Å². The van der Waals surface area contributed by atoms with Crippen LogP contribution in [-0.4, -0.2) is 6.04 Å². The maximum atomic E-state index is 5.82. The summed E-state index contributed by atoms with van der Waals surface area (Å²) < 4.78 is 0. The first kappa shape index (κ1) is 14.3. The third-order valence-electron chi connectivity index (χ3n) is 4.69. The molecule has 0 aliphatic heterocycles. The Hall–Kier alpha value is -1.64. The van der Waals surface area contributed by atoms with Crippen LogP contribution < -0.4 is 11.3 Å². The van der Waals surface area contributed by atoms with Crippen molar-refractivity contribution < 1.29 is 0 Å². The molecule has 2 nitrogen and oxygen atoms in total. The number of nitrogens with two attached hydrogens (primary N) is 1. The van der Waals surface area contributed by atoms with Gasteiger partial charge in [0.25, 0.3) is 0 Å². The first-order valence-electron chi connectivity index (χ1n) is 7.93. The third kappa shape index (κ3) is 3.52. The van der Waals surface area contributed by atoms with Gasteiger partial charge in [0.1, 0.15) is 0 Å². The fraction of sp³-hybridized carbons (Fsp3) is 0.368. The molecule has 0 fully saturated rings. The zero-order valence-electron chi connectivity index (χ0n) is 12.5. The van der Waals surface area contributed by atoms with Gasteiger partial charge in [0, 0.05) is 6.04 Å². The van der Waals surface area contributed by atoms with E-state index in [0.29, 0.717) is 12.0 Å². The van der Waals surface area contributed by atoms with Gasteiger partial charge in [-0.25, -0.2) is 0 Å². The number of hydrogen-bond donors (Lipinski definition) is 2. The van der Waals surface area contributed by atoms with Crippen LogP contribution in [-0.2, 0) is 19.3 Å². The molecule has 1 atom stereocenters. The summed E-state index contributed by atoms with van der Waals surface area (Å²) in [7, 11) is 0. The Morgan fingerprint density at radius 2 is 1.57 bits per heavy atom. The number of hydrazine groups is 1. The van der Waals surface area contributed by atoms with Crippen molar-refractivity contribution in [2.24, 2.45) is 11.8 Å². The van der Waals surface area contributed by atoms with Crippen molar-refractivity contribution in [1.29, 1.82) is 0 Å². The monoisotopic (exact) mass is 280 g/mol. The van der Waals surface area contributed by atoms with E-state index < -0.39 is 0 Å². The molecule has 21 heavy (non-hydrogen) atoms. The van der Waals surface area contributed by atoms with Crippen molar-refractivity contribution >= 4 is 0 Å². The number of fused-ring (bicyclic) bond motifs is 1. The van der Waals surface area contributed by atoms with Crippen molar-refractivity contribution in [2.45, 2.75) is 38.1 Å². The number of aryl methyl sites for hydroxylation is 1. The first-order valence-corrected chi connectivity index (χ1v) is 7.93. The van der Waals surface area contributed by atoms with E-state index in [0.717, 1.165) is 25.7 Å². The van der Waals surface area contributed by atoms with E-state index in [4.69, 9.17) is 5.84 Å². The van der Waals surface area contributed by atoms with E-state index in [9.17, 15) is 0 Å². The van der Waals surface area contributed by atoms with Crippen molar-refractivity contribution in [3.05, 3.63) is 71.3 Å². The summed E-state index contributed by atoms with van der Waals surface area (Å²) in [5.41, 5.74) is 7.50. The maximum Gasteiger partial charge on any atom is 0.0245 e. The van der Waals surface area contributed by atoms with Crippen LogP contribution in [0.15, 0.2) is 54.6 Å². The van der Waals surface area contributed by atoms with E-state index in [1.807, 2.05) is 0 Å². The molecule has 1 aliphatic rings. The predicted octanol–water partition coefficient (Wildman–Crippen LogP) is 3.26. The zero-order chi connectivity index (χ0) is 14.5. The number of rotatable bonds is 6. The lowest BCUT2D eigenvalue weighted by Crippen LogP contribution is -2.41. The molecule has 0 saturated carbocycles. The molecule has 2 aromatic carbocycles. The van der Waals surface area contributed by atoms with E-state index in [1.165, 1.54) is 23.1 Å². The smallest absolute Gasteiger partial charge is 0.0245 e. The van der Waals surface area contributed by atoms with Crippen LogP contribution in [0.2, 0.25) is 0 Å². The summed E-state index contributed by atoms with van der Waals surface area (Å²) in [6.45, 7) is 0. The molecule has 0 amide bonds. The van der Waals surface area contributed by atoms with Gasteiger partial charge in [-0.1, -0.05) is 54.6 Å². The Morgan fingerprint density at radius 3 is 2.19 bits per heavy atom. The van der Waals surface area contributed by atoms with Gasteiger partial charge in [0.15, 0.2) is 0 Å². The van der Waals surface area contributed by atoms with Gasteiger partial charge in [0.2, 0.25) is 0 Å². The Bertz CT molecular complexity index is 540. The molecule has 3 rings (SSSR count). The Labute approximate surface area is 127 Å². The van der Waals surface area contributed by atoms with Crippen molar-refractivity contribution in [1.82, 2.24) is 5.43 Å². The normalized spacial score (nSPS) is 15.9. The van der Waals surface area contributed by atoms with E-state index in [2.05, 4.69) is 60.0 Å². The van der Waals surface area contributed by atoms with E-state index >= 15 is 0 Å². The van der Waals surface area contributed by atoms with Gasteiger partial charge in [-0.2, -0.15) is 0 Å². The fourth-order valence-electron chi connectivity index (χ4n) is 3.50. The second kappa shape index (κ2) is 6.88. The lowest BCUT2D eigenvalue weighted by atomic mass is 9.92. The lowest BCUT2D eigenvalue weighted by molar-refractivity contribution is 0.343. The SMILES string of the molecule is NNC(CCCc1ccccc1)C1Cc2ccccc2C1. The van der Waals surface area contributed by atoms with E-state index in [-0.39, 0.29) is 0 Å². The molecule has 0 aromatic heterocycles. The average Bonchev–Trinajstić information content (AvgIpc) is 2.96. The fourth-order valence-corrected chi connectivity index (χ4v) is 3.50. The topological polar surface area (TPSA) is 38.0 Å². The second-order valence-corrected chi connectivity index (χ2v) is 6.09. The van der Waals surface area contributed by atoms with Crippen LogP contribution in [0.5, 0.6) is 0 Å². The molecule has 0 bridgehead atoms. The Kier molecular flexibility index (Phi) is 4.69. The van der Waals surface area contributed by atoms with Crippen LogP contribution in [0.3, 0.4) is 0 Å². The molecular weight excluding hydrogens is 256 g/mol. The second-order valence-electron chi connectivity index (χ2n) is 6.09.